The molecule has 1 saturated carbocycles. The molecule has 1 aromatic carbocycles. The molecule has 1 aliphatic rings. The molecule has 130 valence electrons. The summed E-state index contributed by atoms with van der Waals surface area (Å²) in [6, 6.07) is 6.69. The van der Waals surface area contributed by atoms with E-state index in [9.17, 15) is 9.50 Å². The molecule has 24 heavy (non-hydrogen) atoms. The van der Waals surface area contributed by atoms with Gasteiger partial charge in [-0.1, -0.05) is 30.3 Å². The van der Waals surface area contributed by atoms with Gasteiger partial charge in [0.25, 0.3) is 0 Å². The zero-order valence-corrected chi connectivity index (χ0v) is 13.9. The van der Waals surface area contributed by atoms with Crippen molar-refractivity contribution in [1.82, 2.24) is 15.5 Å². The first-order valence-corrected chi connectivity index (χ1v) is 8.65. The van der Waals surface area contributed by atoms with E-state index in [-0.39, 0.29) is 5.82 Å². The maximum Gasteiger partial charge on any atom is 0.229 e. The van der Waals surface area contributed by atoms with Crippen LogP contribution in [0.4, 0.5) is 4.39 Å². The smallest absolute Gasteiger partial charge is 0.229 e. The van der Waals surface area contributed by atoms with Gasteiger partial charge in [0, 0.05) is 30.5 Å². The van der Waals surface area contributed by atoms with E-state index in [0.717, 1.165) is 43.8 Å². The van der Waals surface area contributed by atoms with Gasteiger partial charge in [-0.2, -0.15) is 4.98 Å². The van der Waals surface area contributed by atoms with Crippen LogP contribution in [0, 0.1) is 5.82 Å². The summed E-state index contributed by atoms with van der Waals surface area (Å²) >= 11 is 0. The van der Waals surface area contributed by atoms with Crippen LogP contribution in [0.3, 0.4) is 0 Å². The number of nitrogens with one attached hydrogen (secondary N) is 1. The minimum absolute atomic E-state index is 0.326. The minimum atomic E-state index is -0.827. The maximum atomic E-state index is 13.7. The van der Waals surface area contributed by atoms with Gasteiger partial charge in [0.05, 0.1) is 6.10 Å². The molecule has 5 nitrogen and oxygen atoms in total. The van der Waals surface area contributed by atoms with Crippen molar-refractivity contribution < 1.29 is 14.0 Å². The SMILES string of the molecule is CCc1noc(C2CCC(NCC(O)c3ccccc3F)CC2)n1. The van der Waals surface area contributed by atoms with Crippen molar-refractivity contribution in [3.05, 3.63) is 47.4 Å². The fourth-order valence-electron chi connectivity index (χ4n) is 3.25. The van der Waals surface area contributed by atoms with Crippen molar-refractivity contribution in [2.45, 2.75) is 57.1 Å². The Balaban J connectivity index is 1.46. The van der Waals surface area contributed by atoms with Gasteiger partial charge in [-0.25, -0.2) is 4.39 Å². The van der Waals surface area contributed by atoms with Gasteiger partial charge < -0.3 is 14.9 Å². The molecule has 0 saturated heterocycles. The molecule has 1 atom stereocenters. The maximum absolute atomic E-state index is 13.7. The second kappa shape index (κ2) is 7.85. The molecular weight excluding hydrogens is 309 g/mol. The first kappa shape index (κ1) is 17.0. The van der Waals surface area contributed by atoms with Gasteiger partial charge in [-0.3, -0.25) is 0 Å². The fourth-order valence-corrected chi connectivity index (χ4v) is 3.25. The molecule has 0 radical (unpaired) electrons. The molecule has 2 N–H and O–H groups in total. The van der Waals surface area contributed by atoms with E-state index in [0.29, 0.717) is 24.1 Å². The lowest BCUT2D eigenvalue weighted by Crippen LogP contribution is -2.35. The molecule has 2 aromatic rings. The van der Waals surface area contributed by atoms with Crippen molar-refractivity contribution in [2.75, 3.05) is 6.54 Å². The fraction of sp³-hybridized carbons (Fsp3) is 0.556. The summed E-state index contributed by atoms with van der Waals surface area (Å²) in [5.74, 6) is 1.47. The van der Waals surface area contributed by atoms with Crippen molar-refractivity contribution in [3.63, 3.8) is 0 Å². The van der Waals surface area contributed by atoms with Crippen molar-refractivity contribution in [3.8, 4) is 0 Å². The number of aliphatic hydroxyl groups excluding tert-OH is 1. The summed E-state index contributed by atoms with van der Waals surface area (Å²) in [5, 5.41) is 17.5. The van der Waals surface area contributed by atoms with Gasteiger partial charge >= 0.3 is 0 Å². The lowest BCUT2D eigenvalue weighted by molar-refractivity contribution is 0.159. The normalized spacial score (nSPS) is 22.5. The number of benzene rings is 1. The largest absolute Gasteiger partial charge is 0.387 e. The second-order valence-corrected chi connectivity index (χ2v) is 6.40. The van der Waals surface area contributed by atoms with Crippen molar-refractivity contribution in [2.24, 2.45) is 0 Å². The zero-order valence-electron chi connectivity index (χ0n) is 13.9. The Morgan fingerprint density at radius 1 is 1.29 bits per heavy atom. The van der Waals surface area contributed by atoms with E-state index in [1.165, 1.54) is 6.07 Å². The van der Waals surface area contributed by atoms with E-state index >= 15 is 0 Å². The number of rotatable bonds is 6. The van der Waals surface area contributed by atoms with Crippen LogP contribution in [0.5, 0.6) is 0 Å². The molecule has 0 amide bonds. The Kier molecular flexibility index (Phi) is 5.58. The third kappa shape index (κ3) is 3.99. The second-order valence-electron chi connectivity index (χ2n) is 6.40. The standard InChI is InChI=1S/C18H24FN3O2/c1-2-17-21-18(24-22-17)12-7-9-13(10-8-12)20-11-16(23)14-5-3-4-6-15(14)19/h3-6,12-13,16,20,23H,2,7-11H2,1H3. The highest BCUT2D eigenvalue weighted by Gasteiger charge is 2.26. The van der Waals surface area contributed by atoms with E-state index < -0.39 is 6.10 Å². The first-order chi connectivity index (χ1) is 11.7. The molecule has 1 aromatic heterocycles. The number of aromatic nitrogens is 2. The highest BCUT2D eigenvalue weighted by atomic mass is 19.1. The summed E-state index contributed by atoms with van der Waals surface area (Å²) in [5.41, 5.74) is 0.344. The molecule has 3 rings (SSSR count). The first-order valence-electron chi connectivity index (χ1n) is 8.65. The van der Waals surface area contributed by atoms with Gasteiger partial charge in [0.15, 0.2) is 5.82 Å². The van der Waals surface area contributed by atoms with E-state index in [4.69, 9.17) is 4.52 Å². The Morgan fingerprint density at radius 2 is 2.04 bits per heavy atom. The summed E-state index contributed by atoms with van der Waals surface area (Å²) in [6.45, 7) is 2.37. The molecule has 0 spiro atoms. The third-order valence-electron chi connectivity index (χ3n) is 4.74. The Morgan fingerprint density at radius 3 is 2.71 bits per heavy atom. The van der Waals surface area contributed by atoms with Crippen LogP contribution in [0.15, 0.2) is 28.8 Å². The molecule has 1 unspecified atom stereocenters. The van der Waals surface area contributed by atoms with Gasteiger partial charge in [0.2, 0.25) is 5.89 Å². The zero-order chi connectivity index (χ0) is 16.9. The predicted molar refractivity (Wildman–Crippen MR) is 88.0 cm³/mol. The Bertz CT molecular complexity index is 653. The lowest BCUT2D eigenvalue weighted by Gasteiger charge is -2.28. The molecule has 0 bridgehead atoms. The number of halogens is 1. The average molecular weight is 333 g/mol. The summed E-state index contributed by atoms with van der Waals surface area (Å²) in [7, 11) is 0. The number of hydrogen-bond donors (Lipinski definition) is 2. The predicted octanol–water partition coefficient (Wildman–Crippen LogP) is 3.12. The lowest BCUT2D eigenvalue weighted by atomic mass is 9.86. The Hall–Kier alpha value is -1.79. The quantitative estimate of drug-likeness (QED) is 0.850. The van der Waals surface area contributed by atoms with E-state index in [2.05, 4.69) is 15.5 Å². The number of nitrogens with zero attached hydrogens (tertiary/aromatic N) is 2. The molecule has 1 fully saturated rings. The van der Waals surface area contributed by atoms with Crippen molar-refractivity contribution >= 4 is 0 Å². The van der Waals surface area contributed by atoms with Crippen LogP contribution >= 0.6 is 0 Å². The molecule has 1 aliphatic carbocycles. The van der Waals surface area contributed by atoms with Gasteiger partial charge in [-0.05, 0) is 31.7 Å². The molecular formula is C18H24FN3O2. The van der Waals surface area contributed by atoms with E-state index in [1.807, 2.05) is 6.92 Å². The monoisotopic (exact) mass is 333 g/mol. The number of hydrogen-bond acceptors (Lipinski definition) is 5. The molecule has 0 aliphatic heterocycles. The highest BCUT2D eigenvalue weighted by molar-refractivity contribution is 5.20. The molecule has 6 heteroatoms. The summed E-state index contributed by atoms with van der Waals surface area (Å²) in [4.78, 5) is 4.42. The van der Waals surface area contributed by atoms with Crippen LogP contribution in [0.25, 0.3) is 0 Å². The van der Waals surface area contributed by atoms with E-state index in [1.54, 1.807) is 18.2 Å². The van der Waals surface area contributed by atoms with Gasteiger partial charge in [-0.15, -0.1) is 0 Å². The van der Waals surface area contributed by atoms with Crippen LogP contribution in [0.1, 0.15) is 61.9 Å². The van der Waals surface area contributed by atoms with Crippen molar-refractivity contribution in [1.29, 1.82) is 0 Å². The minimum Gasteiger partial charge on any atom is -0.387 e. The van der Waals surface area contributed by atoms with Crippen LogP contribution in [-0.4, -0.2) is 27.8 Å². The average Bonchev–Trinajstić information content (AvgIpc) is 3.10. The van der Waals surface area contributed by atoms with Crippen LogP contribution < -0.4 is 5.32 Å². The summed E-state index contributed by atoms with van der Waals surface area (Å²) < 4.78 is 19.0. The van der Waals surface area contributed by atoms with Crippen LogP contribution in [-0.2, 0) is 6.42 Å². The number of aliphatic hydroxyl groups is 1. The summed E-state index contributed by atoms with van der Waals surface area (Å²) in [6.07, 6.45) is 3.90. The highest BCUT2D eigenvalue weighted by Crippen LogP contribution is 2.32. The third-order valence-corrected chi connectivity index (χ3v) is 4.74. The van der Waals surface area contributed by atoms with Crippen LogP contribution in [0.2, 0.25) is 0 Å². The number of aryl methyl sites for hydroxylation is 1. The Labute approximate surface area is 141 Å². The topological polar surface area (TPSA) is 71.2 Å². The molecule has 1 heterocycles. The van der Waals surface area contributed by atoms with Gasteiger partial charge in [0.1, 0.15) is 5.82 Å².